The molecule has 1 fully saturated rings. The zero-order valence-corrected chi connectivity index (χ0v) is 29.3. The summed E-state index contributed by atoms with van der Waals surface area (Å²) in [5.74, 6) is 0.859. The van der Waals surface area contributed by atoms with Gasteiger partial charge >= 0.3 is 19.1 Å². The van der Waals surface area contributed by atoms with E-state index in [9.17, 15) is 9.59 Å². The Bertz CT molecular complexity index is 1290. The highest BCUT2D eigenvalue weighted by molar-refractivity contribution is 9.10. The van der Waals surface area contributed by atoms with Crippen molar-refractivity contribution < 1.29 is 33.5 Å². The number of allylic oxidation sites excluding steroid dienone is 2. The molecule has 0 amide bonds. The standard InChI is InChI=1S/C11H12O2.C9H17BO2.C8H7BrO2.C6H5BrO/c1-3-4-10-5-7-11(8-6-10)13-9(2)12;1-6-7-10-11-8(2,3)9(4,5)12-10;1-6(10)11-8-4-2-7(9)3-5-8;7-5-1-3-6(8)4-2-5/h3,5-8H,1,4H2,2H3;6H,1,7H2,2-5H3;2-5H,1H3;1-4,8H. The van der Waals surface area contributed by atoms with E-state index in [-0.39, 0.29) is 30.3 Å². The lowest BCUT2D eigenvalue weighted by atomic mass is 9.85. The number of ether oxygens (including phenoxy) is 2. The van der Waals surface area contributed by atoms with E-state index in [1.165, 1.54) is 13.8 Å². The number of phenols is 1. The smallest absolute Gasteiger partial charge is 0.461 e. The second-order valence-electron chi connectivity index (χ2n) is 10.5. The average Bonchev–Trinajstić information content (AvgIpc) is 3.14. The molecule has 1 heterocycles. The molecule has 236 valence electrons. The van der Waals surface area contributed by atoms with Crippen LogP contribution in [0, 0.1) is 0 Å². The van der Waals surface area contributed by atoms with Crippen molar-refractivity contribution in [1.82, 2.24) is 0 Å². The molecule has 1 N–H and O–H groups in total. The highest BCUT2D eigenvalue weighted by Crippen LogP contribution is 2.37. The average molecular weight is 732 g/mol. The summed E-state index contributed by atoms with van der Waals surface area (Å²) in [5, 5.41) is 8.74. The number of halogens is 2. The lowest BCUT2D eigenvalue weighted by molar-refractivity contribution is -0.132. The molecule has 44 heavy (non-hydrogen) atoms. The molecule has 0 saturated carbocycles. The Morgan fingerprint density at radius 2 is 1.14 bits per heavy atom. The van der Waals surface area contributed by atoms with Gasteiger partial charge in [-0.15, -0.1) is 13.2 Å². The van der Waals surface area contributed by atoms with Gasteiger partial charge in [-0.25, -0.2) is 0 Å². The number of benzene rings is 3. The number of aromatic hydroxyl groups is 1. The fraction of sp³-hybridized carbons (Fsp3) is 0.294. The van der Waals surface area contributed by atoms with Gasteiger partial charge in [-0.3, -0.25) is 9.59 Å². The van der Waals surface area contributed by atoms with Gasteiger partial charge in [-0.2, -0.15) is 0 Å². The Balaban J connectivity index is 0.000000297. The van der Waals surface area contributed by atoms with E-state index >= 15 is 0 Å². The molecular formula is C34H41BBr2O7. The van der Waals surface area contributed by atoms with Crippen LogP contribution >= 0.6 is 31.9 Å². The Labute approximate surface area is 278 Å². The number of carbonyl (C=O) groups excluding carboxylic acids is 2. The van der Waals surface area contributed by atoms with Gasteiger partial charge < -0.3 is 23.9 Å². The molecule has 0 unspecified atom stereocenters. The van der Waals surface area contributed by atoms with E-state index in [4.69, 9.17) is 23.9 Å². The number of rotatable bonds is 6. The van der Waals surface area contributed by atoms with Crippen molar-refractivity contribution in [2.24, 2.45) is 0 Å². The van der Waals surface area contributed by atoms with Gasteiger partial charge in [0, 0.05) is 29.1 Å². The third kappa shape index (κ3) is 15.5. The molecule has 10 heteroatoms. The zero-order valence-electron chi connectivity index (χ0n) is 26.1. The largest absolute Gasteiger partial charge is 0.508 e. The molecule has 3 aromatic carbocycles. The molecule has 0 radical (unpaired) electrons. The van der Waals surface area contributed by atoms with Crippen molar-refractivity contribution >= 4 is 50.9 Å². The minimum atomic E-state index is -0.299. The zero-order chi connectivity index (χ0) is 33.3. The first-order chi connectivity index (χ1) is 20.6. The van der Waals surface area contributed by atoms with Crippen molar-refractivity contribution in [1.29, 1.82) is 0 Å². The van der Waals surface area contributed by atoms with Crippen LogP contribution in [0.15, 0.2) is 107 Å². The highest BCUT2D eigenvalue weighted by Gasteiger charge is 2.50. The third-order valence-corrected chi connectivity index (χ3v) is 7.19. The fourth-order valence-corrected chi connectivity index (χ4v) is 3.86. The molecular weight excluding hydrogens is 691 g/mol. The van der Waals surface area contributed by atoms with E-state index in [0.29, 0.717) is 17.2 Å². The Kier molecular flexibility index (Phi) is 17.0. The molecule has 0 aromatic heterocycles. The van der Waals surface area contributed by atoms with Crippen LogP contribution in [0.2, 0.25) is 6.32 Å². The SMILES string of the molecule is C=CCB1OC(C)(C)C(C)(C)O1.C=CCc1ccc(OC(C)=O)cc1.CC(=O)Oc1ccc(Br)cc1.Oc1ccc(Br)cc1. The summed E-state index contributed by atoms with van der Waals surface area (Å²) in [6.45, 7) is 18.3. The second-order valence-corrected chi connectivity index (χ2v) is 12.3. The van der Waals surface area contributed by atoms with E-state index in [1.54, 1.807) is 48.5 Å². The van der Waals surface area contributed by atoms with Crippen LogP contribution in [0.1, 0.15) is 47.1 Å². The molecule has 0 bridgehead atoms. The maximum atomic E-state index is 10.6. The molecule has 0 atom stereocenters. The molecule has 0 spiro atoms. The van der Waals surface area contributed by atoms with Crippen molar-refractivity contribution in [3.05, 3.63) is 113 Å². The van der Waals surface area contributed by atoms with Gasteiger partial charge in [-0.1, -0.05) is 56.1 Å². The van der Waals surface area contributed by atoms with Gasteiger partial charge in [0.1, 0.15) is 17.2 Å². The predicted octanol–water partition coefficient (Wildman–Crippen LogP) is 9.13. The van der Waals surface area contributed by atoms with Gasteiger partial charge in [-0.05, 0) is 100 Å². The molecule has 1 saturated heterocycles. The van der Waals surface area contributed by atoms with Crippen LogP contribution < -0.4 is 9.47 Å². The first-order valence-electron chi connectivity index (χ1n) is 13.8. The van der Waals surface area contributed by atoms with Gasteiger partial charge in [0.25, 0.3) is 0 Å². The van der Waals surface area contributed by atoms with Crippen molar-refractivity contribution in [3.63, 3.8) is 0 Å². The van der Waals surface area contributed by atoms with Crippen LogP contribution in [0.5, 0.6) is 17.2 Å². The molecule has 0 aliphatic carbocycles. The van der Waals surface area contributed by atoms with Crippen LogP contribution in [0.4, 0.5) is 0 Å². The Hall–Kier alpha value is -3.18. The minimum absolute atomic E-state index is 0.118. The van der Waals surface area contributed by atoms with Crippen LogP contribution in [0.25, 0.3) is 0 Å². The summed E-state index contributed by atoms with van der Waals surface area (Å²) in [6, 6.07) is 21.3. The first-order valence-corrected chi connectivity index (χ1v) is 15.4. The topological polar surface area (TPSA) is 91.3 Å². The summed E-state index contributed by atoms with van der Waals surface area (Å²) in [7, 11) is -0.118. The highest BCUT2D eigenvalue weighted by atomic mass is 79.9. The summed E-state index contributed by atoms with van der Waals surface area (Å²) < 4.78 is 23.1. The van der Waals surface area contributed by atoms with Crippen LogP contribution in [-0.2, 0) is 25.3 Å². The number of hydrogen-bond acceptors (Lipinski definition) is 7. The summed E-state index contributed by atoms with van der Waals surface area (Å²) in [4.78, 5) is 21.0. The Morgan fingerprint density at radius 3 is 1.48 bits per heavy atom. The summed E-state index contributed by atoms with van der Waals surface area (Å²) in [6.07, 6.45) is 5.25. The lowest BCUT2D eigenvalue weighted by Gasteiger charge is -2.32. The summed E-state index contributed by atoms with van der Waals surface area (Å²) >= 11 is 6.51. The number of phenolic OH excluding ortho intramolecular Hbond substituents is 1. The number of carbonyl (C=O) groups is 2. The van der Waals surface area contributed by atoms with E-state index < -0.39 is 0 Å². The molecule has 1 aliphatic rings. The first kappa shape index (κ1) is 38.8. The van der Waals surface area contributed by atoms with Gasteiger partial charge in [0.05, 0.1) is 11.2 Å². The Morgan fingerprint density at radius 1 is 0.750 bits per heavy atom. The quantitative estimate of drug-likeness (QED) is 0.117. The van der Waals surface area contributed by atoms with E-state index in [2.05, 4.69) is 72.7 Å². The van der Waals surface area contributed by atoms with Crippen molar-refractivity contribution in [2.75, 3.05) is 0 Å². The number of esters is 2. The van der Waals surface area contributed by atoms with Gasteiger partial charge in [0.15, 0.2) is 0 Å². The van der Waals surface area contributed by atoms with E-state index in [1.807, 2.05) is 36.4 Å². The molecule has 4 rings (SSSR count). The molecule has 3 aromatic rings. The summed E-state index contributed by atoms with van der Waals surface area (Å²) in [5.41, 5.74) is 0.743. The number of hydrogen-bond donors (Lipinski definition) is 1. The molecule has 1 aliphatic heterocycles. The van der Waals surface area contributed by atoms with Crippen LogP contribution in [0.3, 0.4) is 0 Å². The van der Waals surface area contributed by atoms with Crippen molar-refractivity contribution in [3.8, 4) is 17.2 Å². The van der Waals surface area contributed by atoms with E-state index in [0.717, 1.165) is 27.2 Å². The minimum Gasteiger partial charge on any atom is -0.508 e. The maximum absolute atomic E-state index is 10.6. The van der Waals surface area contributed by atoms with Crippen molar-refractivity contribution in [2.45, 2.75) is 65.5 Å². The second kappa shape index (κ2) is 19.3. The predicted molar refractivity (Wildman–Crippen MR) is 184 cm³/mol. The normalized spacial score (nSPS) is 13.8. The van der Waals surface area contributed by atoms with Gasteiger partial charge in [0.2, 0.25) is 0 Å². The maximum Gasteiger partial charge on any atom is 0.461 e. The molecule has 7 nitrogen and oxygen atoms in total. The van der Waals surface area contributed by atoms with Crippen LogP contribution in [-0.4, -0.2) is 35.4 Å². The fourth-order valence-electron chi connectivity index (χ4n) is 3.33. The monoisotopic (exact) mass is 730 g/mol. The lowest BCUT2D eigenvalue weighted by Crippen LogP contribution is -2.41. The third-order valence-electron chi connectivity index (χ3n) is 6.13.